The Morgan fingerprint density at radius 2 is 1.67 bits per heavy atom. The highest BCUT2D eigenvalue weighted by molar-refractivity contribution is 5.55. The molecule has 0 saturated carbocycles. The van der Waals surface area contributed by atoms with Gasteiger partial charge in [-0.2, -0.15) is 5.26 Å². The molecular weight excluding hydrogens is 304 g/mol. The number of hydrogen-bond acceptors (Lipinski definition) is 5. The molecule has 1 N–H and O–H groups in total. The number of methoxy groups -OCH3 is 3. The number of allylic oxidation sites excluding steroid dienone is 2. The van der Waals surface area contributed by atoms with Crippen LogP contribution in [-0.2, 0) is 6.42 Å². The highest BCUT2D eigenvalue weighted by atomic mass is 16.5. The maximum Gasteiger partial charge on any atom is 0.203 e. The van der Waals surface area contributed by atoms with Crippen LogP contribution < -0.4 is 19.5 Å². The minimum Gasteiger partial charge on any atom is -0.493 e. The summed E-state index contributed by atoms with van der Waals surface area (Å²) in [6.07, 6.45) is 2.38. The molecule has 2 aromatic carbocycles. The second-order valence-corrected chi connectivity index (χ2v) is 4.96. The van der Waals surface area contributed by atoms with Gasteiger partial charge in [0.2, 0.25) is 5.75 Å². The number of ether oxygens (including phenoxy) is 3. The number of nitrogens with one attached hydrogen (secondary N) is 1. The van der Waals surface area contributed by atoms with Crippen molar-refractivity contribution in [1.82, 2.24) is 0 Å². The third kappa shape index (κ3) is 4.20. The van der Waals surface area contributed by atoms with Crippen LogP contribution in [0.15, 0.2) is 54.2 Å². The van der Waals surface area contributed by atoms with Crippen molar-refractivity contribution < 1.29 is 14.2 Å². The zero-order valence-electron chi connectivity index (χ0n) is 14.0. The van der Waals surface area contributed by atoms with E-state index in [0.717, 1.165) is 11.3 Å². The Hall–Kier alpha value is -3.13. The van der Waals surface area contributed by atoms with E-state index in [-0.39, 0.29) is 0 Å². The summed E-state index contributed by atoms with van der Waals surface area (Å²) in [4.78, 5) is 0. The van der Waals surface area contributed by atoms with Crippen molar-refractivity contribution in [2.45, 2.75) is 6.42 Å². The topological polar surface area (TPSA) is 63.5 Å². The molecule has 24 heavy (non-hydrogen) atoms. The maximum atomic E-state index is 9.30. The minimum absolute atomic E-state index is 0.481. The number of anilines is 1. The van der Waals surface area contributed by atoms with E-state index >= 15 is 0 Å². The lowest BCUT2D eigenvalue weighted by atomic mass is 10.1. The van der Waals surface area contributed by atoms with Gasteiger partial charge >= 0.3 is 0 Å². The average molecular weight is 324 g/mol. The van der Waals surface area contributed by atoms with Crippen molar-refractivity contribution in [3.63, 3.8) is 0 Å². The second-order valence-electron chi connectivity index (χ2n) is 4.96. The monoisotopic (exact) mass is 324 g/mol. The summed E-state index contributed by atoms with van der Waals surface area (Å²) >= 11 is 0. The first kappa shape index (κ1) is 17.2. The van der Waals surface area contributed by atoms with Gasteiger partial charge < -0.3 is 19.5 Å². The van der Waals surface area contributed by atoms with E-state index in [9.17, 15) is 5.26 Å². The first-order chi connectivity index (χ1) is 11.7. The fraction of sp³-hybridized carbons (Fsp3) is 0.211. The van der Waals surface area contributed by atoms with Crippen LogP contribution in [0.1, 0.15) is 5.56 Å². The van der Waals surface area contributed by atoms with Crippen LogP contribution in [0.25, 0.3) is 0 Å². The molecule has 0 fully saturated rings. The van der Waals surface area contributed by atoms with Gasteiger partial charge in [-0.15, -0.1) is 0 Å². The van der Waals surface area contributed by atoms with Crippen molar-refractivity contribution >= 4 is 5.69 Å². The average Bonchev–Trinajstić information content (AvgIpc) is 2.64. The number of hydrogen-bond donors (Lipinski definition) is 1. The molecule has 0 amide bonds. The Bertz CT molecular complexity index is 724. The van der Waals surface area contributed by atoms with Crippen LogP contribution in [0.3, 0.4) is 0 Å². The molecule has 0 heterocycles. The summed E-state index contributed by atoms with van der Waals surface area (Å²) in [5.41, 5.74) is 2.30. The van der Waals surface area contributed by atoms with E-state index in [4.69, 9.17) is 14.2 Å². The van der Waals surface area contributed by atoms with Gasteiger partial charge in [0.15, 0.2) is 11.5 Å². The largest absolute Gasteiger partial charge is 0.493 e. The molecule has 2 rings (SSSR count). The predicted molar refractivity (Wildman–Crippen MR) is 93.6 cm³/mol. The summed E-state index contributed by atoms with van der Waals surface area (Å²) in [7, 11) is 4.72. The number of benzene rings is 2. The van der Waals surface area contributed by atoms with Gasteiger partial charge in [0.1, 0.15) is 11.8 Å². The van der Waals surface area contributed by atoms with Crippen LogP contribution in [-0.4, -0.2) is 21.3 Å². The quantitative estimate of drug-likeness (QED) is 0.785. The highest BCUT2D eigenvalue weighted by Crippen LogP contribution is 2.38. The molecule has 5 heteroatoms. The maximum absolute atomic E-state index is 9.30. The fourth-order valence-corrected chi connectivity index (χ4v) is 2.27. The first-order valence-corrected chi connectivity index (χ1v) is 7.43. The Labute approximate surface area is 142 Å². The molecule has 0 aromatic heterocycles. The second kappa shape index (κ2) is 8.49. The van der Waals surface area contributed by atoms with Crippen molar-refractivity contribution in [3.05, 3.63) is 59.8 Å². The highest BCUT2D eigenvalue weighted by Gasteiger charge is 2.12. The summed E-state index contributed by atoms with van der Waals surface area (Å²) in [5, 5.41) is 12.4. The number of nitrogens with zero attached hydrogens (tertiary/aromatic N) is 1. The van der Waals surface area contributed by atoms with Crippen LogP contribution in [0.5, 0.6) is 17.2 Å². The number of nitriles is 1. The summed E-state index contributed by atoms with van der Waals surface area (Å²) < 4.78 is 16.0. The van der Waals surface area contributed by atoms with Crippen LogP contribution >= 0.6 is 0 Å². The predicted octanol–water partition coefficient (Wildman–Crippen LogP) is 3.77. The molecule has 0 aliphatic carbocycles. The minimum atomic E-state index is 0.481. The van der Waals surface area contributed by atoms with Crippen molar-refractivity contribution in [2.24, 2.45) is 0 Å². The molecule has 0 bridgehead atoms. The Balaban J connectivity index is 2.21. The molecule has 5 nitrogen and oxygen atoms in total. The molecule has 0 atom stereocenters. The third-order valence-corrected chi connectivity index (χ3v) is 3.44. The van der Waals surface area contributed by atoms with Crippen molar-refractivity contribution in [2.75, 3.05) is 26.6 Å². The standard InChI is InChI=1S/C19H20N2O3/c1-22-17-11-14(12-18(23-2)19(17)24-3)9-10-16(13-20)21-15-7-5-4-6-8-15/h4-8,10-12,21H,9H2,1-3H3/b16-10+. The molecule has 124 valence electrons. The molecule has 0 radical (unpaired) electrons. The normalized spacial score (nSPS) is 10.7. The lowest BCUT2D eigenvalue weighted by molar-refractivity contribution is 0.324. The van der Waals surface area contributed by atoms with Crippen molar-refractivity contribution in [1.29, 1.82) is 5.26 Å². The number of para-hydroxylation sites is 1. The lowest BCUT2D eigenvalue weighted by Crippen LogP contribution is -1.99. The van der Waals surface area contributed by atoms with Gasteiger partial charge in [-0.05, 0) is 42.3 Å². The Kier molecular flexibility index (Phi) is 6.09. The van der Waals surface area contributed by atoms with Gasteiger partial charge in [-0.3, -0.25) is 0 Å². The Morgan fingerprint density at radius 1 is 1.04 bits per heavy atom. The van der Waals surface area contributed by atoms with E-state index < -0.39 is 0 Å². The first-order valence-electron chi connectivity index (χ1n) is 7.43. The Morgan fingerprint density at radius 3 is 2.17 bits per heavy atom. The van der Waals surface area contributed by atoms with E-state index in [1.165, 1.54) is 0 Å². The lowest BCUT2D eigenvalue weighted by Gasteiger charge is -2.13. The van der Waals surface area contributed by atoms with Crippen molar-refractivity contribution in [3.8, 4) is 23.3 Å². The van der Waals surface area contributed by atoms with E-state index in [0.29, 0.717) is 29.4 Å². The van der Waals surface area contributed by atoms with E-state index in [2.05, 4.69) is 11.4 Å². The molecule has 0 aliphatic heterocycles. The van der Waals surface area contributed by atoms with Gasteiger partial charge in [0.25, 0.3) is 0 Å². The molecule has 0 saturated heterocycles. The zero-order valence-corrected chi connectivity index (χ0v) is 14.0. The smallest absolute Gasteiger partial charge is 0.203 e. The van der Waals surface area contributed by atoms with E-state index in [1.807, 2.05) is 48.5 Å². The van der Waals surface area contributed by atoms with Crippen LogP contribution in [0.2, 0.25) is 0 Å². The molecule has 0 unspecified atom stereocenters. The fourth-order valence-electron chi connectivity index (χ4n) is 2.27. The van der Waals surface area contributed by atoms with Gasteiger partial charge in [0.05, 0.1) is 21.3 Å². The third-order valence-electron chi connectivity index (χ3n) is 3.44. The summed E-state index contributed by atoms with van der Waals surface area (Å²) in [6, 6.07) is 15.5. The molecule has 0 aliphatic rings. The van der Waals surface area contributed by atoms with Gasteiger partial charge in [-0.1, -0.05) is 18.2 Å². The van der Waals surface area contributed by atoms with E-state index in [1.54, 1.807) is 21.3 Å². The summed E-state index contributed by atoms with van der Waals surface area (Å²) in [5.74, 6) is 1.74. The molecule has 2 aromatic rings. The SMILES string of the molecule is COc1cc(C/C=C(\C#N)Nc2ccccc2)cc(OC)c1OC. The number of rotatable bonds is 7. The molecular formula is C19H20N2O3. The summed E-state index contributed by atoms with van der Waals surface area (Å²) in [6.45, 7) is 0. The van der Waals surface area contributed by atoms with Crippen LogP contribution in [0.4, 0.5) is 5.69 Å². The van der Waals surface area contributed by atoms with Gasteiger partial charge in [0, 0.05) is 5.69 Å². The zero-order chi connectivity index (χ0) is 17.4. The van der Waals surface area contributed by atoms with Crippen LogP contribution in [0, 0.1) is 11.3 Å². The molecule has 0 spiro atoms. The van der Waals surface area contributed by atoms with Gasteiger partial charge in [-0.25, -0.2) is 0 Å².